The average Bonchev–Trinajstić information content (AvgIpc) is 2.64. The van der Waals surface area contributed by atoms with E-state index in [9.17, 15) is 9.59 Å². The van der Waals surface area contributed by atoms with Gasteiger partial charge in [-0.15, -0.1) is 0 Å². The number of hydrogen-bond acceptors (Lipinski definition) is 4. The molecule has 0 heterocycles. The minimum absolute atomic E-state index is 0.243. The van der Waals surface area contributed by atoms with Gasteiger partial charge in [0, 0.05) is 5.02 Å². The van der Waals surface area contributed by atoms with Gasteiger partial charge in [0.1, 0.15) is 11.5 Å². The zero-order chi connectivity index (χ0) is 18.9. The Balaban J connectivity index is 1.84. The average molecular weight is 377 g/mol. The highest BCUT2D eigenvalue weighted by molar-refractivity contribution is 6.30. The first kappa shape index (κ1) is 19.6. The second-order valence-electron chi connectivity index (χ2n) is 5.95. The maximum Gasteiger partial charge on any atom is 0.276 e. The van der Waals surface area contributed by atoms with E-state index in [1.54, 1.807) is 48.5 Å². The Hall–Kier alpha value is -2.73. The lowest BCUT2D eigenvalue weighted by molar-refractivity contribution is -0.123. The van der Waals surface area contributed by atoms with Crippen molar-refractivity contribution in [2.24, 2.45) is 5.92 Å². The third-order valence-electron chi connectivity index (χ3n) is 3.20. The van der Waals surface area contributed by atoms with Crippen molar-refractivity contribution in [1.82, 2.24) is 10.9 Å². The normalized spacial score (nSPS) is 10.3. The first-order valence-corrected chi connectivity index (χ1v) is 8.53. The molecule has 0 saturated heterocycles. The van der Waals surface area contributed by atoms with E-state index in [1.165, 1.54) is 0 Å². The topological polar surface area (TPSA) is 76.7 Å². The van der Waals surface area contributed by atoms with Crippen LogP contribution in [-0.2, 0) is 4.79 Å². The molecule has 2 aromatic rings. The minimum atomic E-state index is -0.492. The number of nitrogens with one attached hydrogen (secondary N) is 2. The monoisotopic (exact) mass is 376 g/mol. The molecule has 0 saturated carbocycles. The molecule has 0 aliphatic carbocycles. The molecule has 0 unspecified atom stereocenters. The number of halogens is 1. The first-order valence-electron chi connectivity index (χ1n) is 8.15. The molecule has 0 spiro atoms. The summed E-state index contributed by atoms with van der Waals surface area (Å²) in [7, 11) is 0. The van der Waals surface area contributed by atoms with Gasteiger partial charge in [-0.1, -0.05) is 37.6 Å². The second-order valence-corrected chi connectivity index (χ2v) is 6.38. The molecule has 2 N–H and O–H groups in total. The number of para-hydroxylation sites is 1. The van der Waals surface area contributed by atoms with Crippen LogP contribution in [0.5, 0.6) is 11.5 Å². The van der Waals surface area contributed by atoms with E-state index >= 15 is 0 Å². The summed E-state index contributed by atoms with van der Waals surface area (Å²) < 4.78 is 10.9. The fourth-order valence-corrected chi connectivity index (χ4v) is 2.07. The van der Waals surface area contributed by atoms with Gasteiger partial charge in [-0.3, -0.25) is 20.4 Å². The number of benzene rings is 2. The zero-order valence-corrected chi connectivity index (χ0v) is 15.4. The van der Waals surface area contributed by atoms with E-state index in [0.717, 1.165) is 0 Å². The zero-order valence-electron chi connectivity index (χ0n) is 14.6. The molecule has 7 heteroatoms. The van der Waals surface area contributed by atoms with Gasteiger partial charge < -0.3 is 9.47 Å². The van der Waals surface area contributed by atoms with Crippen LogP contribution in [0.3, 0.4) is 0 Å². The fourth-order valence-electron chi connectivity index (χ4n) is 1.95. The van der Waals surface area contributed by atoms with E-state index in [4.69, 9.17) is 21.1 Å². The molecule has 2 rings (SSSR count). The Morgan fingerprint density at radius 1 is 1.00 bits per heavy atom. The van der Waals surface area contributed by atoms with Crippen LogP contribution in [0.25, 0.3) is 0 Å². The largest absolute Gasteiger partial charge is 0.492 e. The van der Waals surface area contributed by atoms with Gasteiger partial charge in [-0.05, 0) is 42.3 Å². The molecular formula is C19H21ClN2O4. The smallest absolute Gasteiger partial charge is 0.276 e. The lowest BCUT2D eigenvalue weighted by Crippen LogP contribution is -2.43. The lowest BCUT2D eigenvalue weighted by atomic mass is 10.2. The summed E-state index contributed by atoms with van der Waals surface area (Å²) in [5.74, 6) is 0.336. The summed E-state index contributed by atoms with van der Waals surface area (Å²) in [6.45, 7) is 4.28. The number of ether oxygens (including phenoxy) is 2. The molecule has 0 aliphatic heterocycles. The quantitative estimate of drug-likeness (QED) is 0.727. The third kappa shape index (κ3) is 6.29. The lowest BCUT2D eigenvalue weighted by Gasteiger charge is -2.13. The first-order chi connectivity index (χ1) is 12.5. The Kier molecular flexibility index (Phi) is 7.29. The van der Waals surface area contributed by atoms with E-state index in [0.29, 0.717) is 34.6 Å². The molecule has 0 aromatic heterocycles. The highest BCUT2D eigenvalue weighted by Gasteiger charge is 2.13. The number of carbonyl (C=O) groups excluding carboxylic acids is 2. The van der Waals surface area contributed by atoms with Crippen LogP contribution in [0, 0.1) is 5.92 Å². The maximum absolute atomic E-state index is 12.3. The number of amides is 2. The van der Waals surface area contributed by atoms with Crippen LogP contribution in [0.4, 0.5) is 0 Å². The highest BCUT2D eigenvalue weighted by Crippen LogP contribution is 2.18. The molecular weight excluding hydrogens is 356 g/mol. The predicted octanol–water partition coefficient (Wildman–Crippen LogP) is 3.21. The van der Waals surface area contributed by atoms with Crippen LogP contribution in [-0.4, -0.2) is 25.0 Å². The van der Waals surface area contributed by atoms with E-state index in [-0.39, 0.29) is 6.61 Å². The maximum atomic E-state index is 12.3. The van der Waals surface area contributed by atoms with Crippen LogP contribution in [0.1, 0.15) is 24.2 Å². The van der Waals surface area contributed by atoms with Crippen molar-refractivity contribution >= 4 is 23.4 Å². The van der Waals surface area contributed by atoms with Gasteiger partial charge in [0.15, 0.2) is 6.61 Å². The van der Waals surface area contributed by atoms with Crippen LogP contribution < -0.4 is 20.3 Å². The van der Waals surface area contributed by atoms with Crippen molar-refractivity contribution in [1.29, 1.82) is 0 Å². The molecule has 0 aliphatic rings. The predicted molar refractivity (Wildman–Crippen MR) is 99.3 cm³/mol. The summed E-state index contributed by atoms with van der Waals surface area (Å²) in [6.07, 6.45) is 0. The molecule has 0 fully saturated rings. The molecule has 0 bridgehead atoms. The Bertz CT molecular complexity index is 747. The summed E-state index contributed by atoms with van der Waals surface area (Å²) >= 11 is 5.78. The van der Waals surface area contributed by atoms with Crippen molar-refractivity contribution in [3.63, 3.8) is 0 Å². The fraction of sp³-hybridized carbons (Fsp3) is 0.263. The Labute approximate surface area is 157 Å². The number of rotatable bonds is 7. The van der Waals surface area contributed by atoms with E-state index < -0.39 is 11.8 Å². The molecule has 0 radical (unpaired) electrons. The Morgan fingerprint density at radius 3 is 2.38 bits per heavy atom. The number of carbonyl (C=O) groups is 2. The van der Waals surface area contributed by atoms with Crippen molar-refractivity contribution in [2.45, 2.75) is 13.8 Å². The molecule has 138 valence electrons. The molecule has 2 amide bonds. The minimum Gasteiger partial charge on any atom is -0.492 e. The SMILES string of the molecule is CC(C)COc1ccccc1C(=O)NNC(=O)COc1ccc(Cl)cc1. The summed E-state index contributed by atoms with van der Waals surface area (Å²) in [6, 6.07) is 13.5. The number of hydrazine groups is 1. The van der Waals surface area contributed by atoms with E-state index in [2.05, 4.69) is 10.9 Å². The van der Waals surface area contributed by atoms with E-state index in [1.807, 2.05) is 13.8 Å². The molecule has 6 nitrogen and oxygen atoms in total. The van der Waals surface area contributed by atoms with Gasteiger partial charge in [-0.25, -0.2) is 0 Å². The summed E-state index contributed by atoms with van der Waals surface area (Å²) in [5, 5.41) is 0.576. The Morgan fingerprint density at radius 2 is 1.69 bits per heavy atom. The third-order valence-corrected chi connectivity index (χ3v) is 3.45. The van der Waals surface area contributed by atoms with Crippen LogP contribution >= 0.6 is 11.6 Å². The second kappa shape index (κ2) is 9.68. The standard InChI is InChI=1S/C19H21ClN2O4/c1-13(2)11-26-17-6-4-3-5-16(17)19(24)22-21-18(23)12-25-15-9-7-14(20)8-10-15/h3-10,13H,11-12H2,1-2H3,(H,21,23)(H,22,24). The highest BCUT2D eigenvalue weighted by atomic mass is 35.5. The molecule has 26 heavy (non-hydrogen) atoms. The van der Waals surface area contributed by atoms with Gasteiger partial charge in [0.05, 0.1) is 12.2 Å². The summed E-state index contributed by atoms with van der Waals surface area (Å²) in [4.78, 5) is 24.1. The van der Waals surface area contributed by atoms with Gasteiger partial charge >= 0.3 is 0 Å². The van der Waals surface area contributed by atoms with Crippen molar-refractivity contribution in [3.8, 4) is 11.5 Å². The molecule has 0 atom stereocenters. The van der Waals surface area contributed by atoms with Crippen molar-refractivity contribution < 1.29 is 19.1 Å². The van der Waals surface area contributed by atoms with Crippen molar-refractivity contribution in [3.05, 3.63) is 59.1 Å². The van der Waals surface area contributed by atoms with Crippen LogP contribution in [0.15, 0.2) is 48.5 Å². The van der Waals surface area contributed by atoms with Crippen molar-refractivity contribution in [2.75, 3.05) is 13.2 Å². The van der Waals surface area contributed by atoms with Gasteiger partial charge in [0.2, 0.25) is 0 Å². The molecule has 2 aromatic carbocycles. The van der Waals surface area contributed by atoms with Crippen LogP contribution in [0.2, 0.25) is 5.02 Å². The summed E-state index contributed by atoms with van der Waals surface area (Å²) in [5.41, 5.74) is 5.00. The number of hydrogen-bond donors (Lipinski definition) is 2. The van der Waals surface area contributed by atoms with Gasteiger partial charge in [-0.2, -0.15) is 0 Å². The van der Waals surface area contributed by atoms with Gasteiger partial charge in [0.25, 0.3) is 11.8 Å².